The third-order valence-corrected chi connectivity index (χ3v) is 2.99. The van der Waals surface area contributed by atoms with Gasteiger partial charge >= 0.3 is 0 Å². The molecule has 0 fully saturated rings. The van der Waals surface area contributed by atoms with E-state index in [0.717, 1.165) is 17.2 Å². The second-order valence-corrected chi connectivity index (χ2v) is 4.28. The van der Waals surface area contributed by atoms with Crippen LogP contribution < -0.4 is 5.32 Å². The Morgan fingerprint density at radius 1 is 1.00 bits per heavy atom. The summed E-state index contributed by atoms with van der Waals surface area (Å²) in [7, 11) is 1.73. The molecule has 0 aromatic heterocycles. The van der Waals surface area contributed by atoms with Gasteiger partial charge in [0.2, 0.25) is 0 Å². The molecule has 0 saturated carbocycles. The van der Waals surface area contributed by atoms with Crippen LogP contribution in [0.4, 0.5) is 8.78 Å². The Labute approximate surface area is 105 Å². The zero-order chi connectivity index (χ0) is 13.1. The second-order valence-electron chi connectivity index (χ2n) is 4.28. The fraction of sp³-hybridized carbons (Fsp3) is 0.200. The van der Waals surface area contributed by atoms with Crippen molar-refractivity contribution in [2.24, 2.45) is 0 Å². The van der Waals surface area contributed by atoms with E-state index in [-0.39, 0.29) is 6.04 Å². The lowest BCUT2D eigenvalue weighted by Gasteiger charge is -2.18. The summed E-state index contributed by atoms with van der Waals surface area (Å²) >= 11 is 0. The van der Waals surface area contributed by atoms with Crippen LogP contribution in [0.3, 0.4) is 0 Å². The molecule has 3 heteroatoms. The molecule has 18 heavy (non-hydrogen) atoms. The van der Waals surface area contributed by atoms with Gasteiger partial charge in [-0.1, -0.05) is 42.0 Å². The zero-order valence-electron chi connectivity index (χ0n) is 10.4. The SMILES string of the molecule is CNC(c1ccc(C)cc1)c1cccc(F)c1F. The maximum atomic E-state index is 13.8. The number of rotatable bonds is 3. The molecule has 2 aromatic carbocycles. The molecule has 2 aromatic rings. The third kappa shape index (κ3) is 2.41. The van der Waals surface area contributed by atoms with E-state index in [1.54, 1.807) is 13.1 Å². The first-order valence-corrected chi connectivity index (χ1v) is 5.81. The molecule has 2 rings (SSSR count). The Kier molecular flexibility index (Phi) is 3.72. The van der Waals surface area contributed by atoms with Crippen LogP contribution >= 0.6 is 0 Å². The lowest BCUT2D eigenvalue weighted by Crippen LogP contribution is -2.19. The van der Waals surface area contributed by atoms with E-state index < -0.39 is 11.6 Å². The van der Waals surface area contributed by atoms with Crippen LogP contribution in [0.5, 0.6) is 0 Å². The van der Waals surface area contributed by atoms with Gasteiger partial charge < -0.3 is 5.32 Å². The van der Waals surface area contributed by atoms with Gasteiger partial charge in [-0.15, -0.1) is 0 Å². The lowest BCUT2D eigenvalue weighted by molar-refractivity contribution is 0.487. The quantitative estimate of drug-likeness (QED) is 0.874. The highest BCUT2D eigenvalue weighted by molar-refractivity contribution is 5.34. The zero-order valence-corrected chi connectivity index (χ0v) is 10.4. The Morgan fingerprint density at radius 3 is 2.28 bits per heavy atom. The van der Waals surface area contributed by atoms with Crippen LogP contribution in [0.15, 0.2) is 42.5 Å². The van der Waals surface area contributed by atoms with E-state index in [9.17, 15) is 8.78 Å². The summed E-state index contributed by atoms with van der Waals surface area (Å²) in [6.07, 6.45) is 0. The predicted octanol–water partition coefficient (Wildman–Crippen LogP) is 3.58. The predicted molar refractivity (Wildman–Crippen MR) is 68.4 cm³/mol. The van der Waals surface area contributed by atoms with Crippen molar-refractivity contribution in [1.82, 2.24) is 5.32 Å². The molecule has 0 amide bonds. The molecule has 0 aliphatic heterocycles. The lowest BCUT2D eigenvalue weighted by atomic mass is 9.97. The van der Waals surface area contributed by atoms with Gasteiger partial charge in [0, 0.05) is 5.56 Å². The van der Waals surface area contributed by atoms with Gasteiger partial charge in [-0.25, -0.2) is 8.78 Å². The first kappa shape index (κ1) is 12.7. The van der Waals surface area contributed by atoms with E-state index in [4.69, 9.17) is 0 Å². The molecule has 0 aliphatic rings. The molecule has 0 bridgehead atoms. The largest absolute Gasteiger partial charge is 0.309 e. The van der Waals surface area contributed by atoms with Gasteiger partial charge in [0.05, 0.1) is 6.04 Å². The first-order valence-electron chi connectivity index (χ1n) is 5.81. The number of hydrogen-bond donors (Lipinski definition) is 1. The van der Waals surface area contributed by atoms with Gasteiger partial charge in [0.1, 0.15) is 0 Å². The molecule has 0 saturated heterocycles. The van der Waals surface area contributed by atoms with Gasteiger partial charge in [-0.2, -0.15) is 0 Å². The van der Waals surface area contributed by atoms with Gasteiger partial charge in [-0.05, 0) is 25.6 Å². The summed E-state index contributed by atoms with van der Waals surface area (Å²) in [4.78, 5) is 0. The Bertz CT molecular complexity index is 535. The van der Waals surface area contributed by atoms with E-state index in [1.165, 1.54) is 6.07 Å². The first-order chi connectivity index (χ1) is 8.63. The summed E-state index contributed by atoms with van der Waals surface area (Å²) < 4.78 is 27.0. The average molecular weight is 247 g/mol. The van der Waals surface area contributed by atoms with Gasteiger partial charge in [0.15, 0.2) is 11.6 Å². The number of benzene rings is 2. The van der Waals surface area contributed by atoms with E-state index >= 15 is 0 Å². The highest BCUT2D eigenvalue weighted by Crippen LogP contribution is 2.25. The maximum Gasteiger partial charge on any atom is 0.163 e. The second kappa shape index (κ2) is 5.27. The van der Waals surface area contributed by atoms with Crippen LogP contribution in [0.2, 0.25) is 0 Å². The fourth-order valence-electron chi connectivity index (χ4n) is 2.00. The maximum absolute atomic E-state index is 13.8. The minimum atomic E-state index is -0.820. The Balaban J connectivity index is 2.45. The molecular formula is C15H15F2N. The van der Waals surface area contributed by atoms with Crippen LogP contribution in [0.1, 0.15) is 22.7 Å². The number of aryl methyl sites for hydroxylation is 1. The molecule has 1 N–H and O–H groups in total. The van der Waals surface area contributed by atoms with Crippen LogP contribution in [-0.4, -0.2) is 7.05 Å². The number of hydrogen-bond acceptors (Lipinski definition) is 1. The van der Waals surface area contributed by atoms with E-state index in [0.29, 0.717) is 5.56 Å². The topological polar surface area (TPSA) is 12.0 Å². The van der Waals surface area contributed by atoms with Crippen LogP contribution in [-0.2, 0) is 0 Å². The number of nitrogens with one attached hydrogen (secondary N) is 1. The van der Waals surface area contributed by atoms with Gasteiger partial charge in [0.25, 0.3) is 0 Å². The average Bonchev–Trinajstić information content (AvgIpc) is 2.37. The Hall–Kier alpha value is -1.74. The molecule has 94 valence electrons. The van der Waals surface area contributed by atoms with Crippen molar-refractivity contribution in [3.63, 3.8) is 0 Å². The van der Waals surface area contributed by atoms with Gasteiger partial charge in [-0.3, -0.25) is 0 Å². The third-order valence-electron chi connectivity index (χ3n) is 2.99. The monoisotopic (exact) mass is 247 g/mol. The van der Waals surface area contributed by atoms with Crippen molar-refractivity contribution in [3.05, 3.63) is 70.8 Å². The summed E-state index contributed by atoms with van der Waals surface area (Å²) in [6, 6.07) is 11.6. The van der Waals surface area contributed by atoms with Crippen molar-refractivity contribution in [2.45, 2.75) is 13.0 Å². The van der Waals surface area contributed by atoms with Crippen molar-refractivity contribution in [1.29, 1.82) is 0 Å². The summed E-state index contributed by atoms with van der Waals surface area (Å²) in [5.74, 6) is -1.61. The van der Waals surface area contributed by atoms with Crippen molar-refractivity contribution >= 4 is 0 Å². The fourth-order valence-corrected chi connectivity index (χ4v) is 2.00. The van der Waals surface area contributed by atoms with Crippen molar-refractivity contribution < 1.29 is 8.78 Å². The highest BCUT2D eigenvalue weighted by atomic mass is 19.2. The van der Waals surface area contributed by atoms with Crippen LogP contribution in [0.25, 0.3) is 0 Å². The molecule has 1 atom stereocenters. The molecule has 1 unspecified atom stereocenters. The smallest absolute Gasteiger partial charge is 0.163 e. The Morgan fingerprint density at radius 2 is 1.67 bits per heavy atom. The molecule has 1 nitrogen and oxygen atoms in total. The normalized spacial score (nSPS) is 12.4. The van der Waals surface area contributed by atoms with E-state index in [2.05, 4.69) is 5.32 Å². The summed E-state index contributed by atoms with van der Waals surface area (Å²) in [5, 5.41) is 3.02. The molecule has 0 radical (unpaired) electrons. The van der Waals surface area contributed by atoms with E-state index in [1.807, 2.05) is 31.2 Å². The molecule has 0 heterocycles. The standard InChI is InChI=1S/C15H15F2N/c1-10-6-8-11(9-7-10)15(18-2)12-4-3-5-13(16)14(12)17/h3-9,15,18H,1-2H3. The minimum absolute atomic E-state index is 0.321. The number of halogens is 2. The summed E-state index contributed by atoms with van der Waals surface area (Å²) in [5.41, 5.74) is 2.36. The van der Waals surface area contributed by atoms with Crippen LogP contribution in [0, 0.1) is 18.6 Å². The molecule has 0 spiro atoms. The highest BCUT2D eigenvalue weighted by Gasteiger charge is 2.18. The molecule has 0 aliphatic carbocycles. The molecular weight excluding hydrogens is 232 g/mol. The summed E-state index contributed by atoms with van der Waals surface area (Å²) in [6.45, 7) is 1.99. The van der Waals surface area contributed by atoms with Crippen molar-refractivity contribution in [2.75, 3.05) is 7.05 Å². The minimum Gasteiger partial charge on any atom is -0.309 e. The van der Waals surface area contributed by atoms with Crippen molar-refractivity contribution in [3.8, 4) is 0 Å².